The van der Waals surface area contributed by atoms with Crippen molar-refractivity contribution in [2.45, 2.75) is 13.1 Å². The highest BCUT2D eigenvalue weighted by Crippen LogP contribution is 2.36. The Hall–Kier alpha value is -4.16. The number of rotatable bonds is 4. The van der Waals surface area contributed by atoms with Gasteiger partial charge in [-0.3, -0.25) is 25.2 Å². The van der Waals surface area contributed by atoms with E-state index in [2.05, 4.69) is 26.3 Å². The van der Waals surface area contributed by atoms with E-state index in [1.165, 1.54) is 31.3 Å². The number of carbonyl (C=O) groups excluding carboxylic acids is 3. The number of hydrogen-bond donors (Lipinski definition) is 3. The van der Waals surface area contributed by atoms with Crippen LogP contribution in [0.5, 0.6) is 0 Å². The van der Waals surface area contributed by atoms with Crippen molar-refractivity contribution in [2.75, 3.05) is 5.32 Å². The molecule has 0 aliphatic carbocycles. The maximum atomic E-state index is 13.5. The third kappa shape index (κ3) is 5.34. The number of anilines is 1. The lowest BCUT2D eigenvalue weighted by Crippen LogP contribution is -2.40. The van der Waals surface area contributed by atoms with Gasteiger partial charge in [-0.2, -0.15) is 18.3 Å². The van der Waals surface area contributed by atoms with Crippen LogP contribution in [0.4, 0.5) is 18.9 Å². The van der Waals surface area contributed by atoms with E-state index in [4.69, 9.17) is 23.2 Å². The molecule has 0 saturated heterocycles. The number of alkyl halides is 3. The minimum absolute atomic E-state index is 0.0580. The van der Waals surface area contributed by atoms with Gasteiger partial charge in [0, 0.05) is 24.6 Å². The second-order valence-electron chi connectivity index (χ2n) is 7.56. The van der Waals surface area contributed by atoms with Gasteiger partial charge in [-0.25, -0.2) is 9.67 Å². The van der Waals surface area contributed by atoms with Gasteiger partial charge in [0.05, 0.1) is 21.3 Å². The second kappa shape index (κ2) is 10.1. The van der Waals surface area contributed by atoms with Gasteiger partial charge < -0.3 is 5.32 Å². The third-order valence-electron chi connectivity index (χ3n) is 4.99. The molecule has 2 aromatic heterocycles. The Morgan fingerprint density at radius 1 is 0.973 bits per heavy atom. The summed E-state index contributed by atoms with van der Waals surface area (Å²) < 4.78 is 41.1. The zero-order valence-electron chi connectivity index (χ0n) is 18.7. The average Bonchev–Trinajstić information content (AvgIpc) is 3.30. The molecule has 0 unspecified atom stereocenters. The maximum absolute atomic E-state index is 13.5. The van der Waals surface area contributed by atoms with Crippen molar-refractivity contribution in [3.8, 4) is 5.82 Å². The highest BCUT2D eigenvalue weighted by atomic mass is 35.5. The van der Waals surface area contributed by atoms with Gasteiger partial charge in [-0.05, 0) is 23.6 Å². The summed E-state index contributed by atoms with van der Waals surface area (Å²) in [5.41, 5.74) is 1.98. The van der Waals surface area contributed by atoms with Crippen LogP contribution in [0.15, 0.2) is 54.7 Å². The van der Waals surface area contributed by atoms with E-state index in [-0.39, 0.29) is 27.1 Å². The molecule has 0 bridgehead atoms. The third-order valence-corrected chi connectivity index (χ3v) is 5.68. The minimum Gasteiger partial charge on any atom is -0.319 e. The molecule has 3 N–H and O–H groups in total. The Labute approximate surface area is 216 Å². The van der Waals surface area contributed by atoms with Crippen molar-refractivity contribution >= 4 is 57.4 Å². The topological polar surface area (TPSA) is 118 Å². The van der Waals surface area contributed by atoms with Crippen LogP contribution in [0.2, 0.25) is 10.0 Å². The summed E-state index contributed by atoms with van der Waals surface area (Å²) in [7, 11) is 0. The monoisotopic (exact) mass is 550 g/mol. The molecule has 2 heterocycles. The molecule has 0 atom stereocenters. The van der Waals surface area contributed by atoms with E-state index >= 15 is 0 Å². The van der Waals surface area contributed by atoms with Gasteiger partial charge in [-0.15, -0.1) is 0 Å². The molecule has 14 heteroatoms. The van der Waals surface area contributed by atoms with Crippen molar-refractivity contribution in [3.05, 3.63) is 81.7 Å². The number of hydrazine groups is 1. The lowest BCUT2D eigenvalue weighted by Gasteiger charge is -2.16. The van der Waals surface area contributed by atoms with Crippen molar-refractivity contribution in [1.29, 1.82) is 0 Å². The zero-order chi connectivity index (χ0) is 26.9. The molecule has 0 aliphatic heterocycles. The number of aromatic nitrogens is 3. The van der Waals surface area contributed by atoms with Crippen LogP contribution < -0.4 is 16.2 Å². The predicted octanol–water partition coefficient (Wildman–Crippen LogP) is 4.78. The average molecular weight is 551 g/mol. The molecule has 2 aromatic carbocycles. The Morgan fingerprint density at radius 3 is 2.38 bits per heavy atom. The minimum atomic E-state index is -4.88. The number of halogens is 5. The van der Waals surface area contributed by atoms with Crippen molar-refractivity contribution < 1.29 is 27.6 Å². The second-order valence-corrected chi connectivity index (χ2v) is 8.34. The van der Waals surface area contributed by atoms with Gasteiger partial charge in [0.25, 0.3) is 11.8 Å². The largest absolute Gasteiger partial charge is 0.435 e. The van der Waals surface area contributed by atoms with E-state index in [1.54, 1.807) is 24.3 Å². The maximum Gasteiger partial charge on any atom is 0.435 e. The molecule has 0 saturated carbocycles. The first-order valence-electron chi connectivity index (χ1n) is 10.3. The summed E-state index contributed by atoms with van der Waals surface area (Å²) >= 11 is 12.6. The van der Waals surface area contributed by atoms with E-state index in [0.717, 1.165) is 0 Å². The predicted molar refractivity (Wildman–Crippen MR) is 130 cm³/mol. The standard InChI is InChI=1S/C23H15Cl2F3N6O3/c1-11(35)31-32-21(36)14-9-12-5-2-3-6-13(12)18(25)19(14)30-22(37)16-10-17(23(26,27)28)33-34(16)20-15(24)7-4-8-29-20/h2-10H,1H3,(H,30,37)(H,31,35)(H,32,36). The fourth-order valence-corrected chi connectivity index (χ4v) is 3.89. The first-order chi connectivity index (χ1) is 17.5. The number of nitrogens with one attached hydrogen (secondary N) is 3. The molecule has 4 aromatic rings. The van der Waals surface area contributed by atoms with Crippen LogP contribution >= 0.6 is 23.2 Å². The molecule has 3 amide bonds. The van der Waals surface area contributed by atoms with Gasteiger partial charge in [0.1, 0.15) is 5.69 Å². The lowest BCUT2D eigenvalue weighted by molar-refractivity contribution is -0.141. The molecular formula is C23H15Cl2F3N6O3. The summed E-state index contributed by atoms with van der Waals surface area (Å²) in [5, 5.41) is 6.75. The number of hydrogen-bond acceptors (Lipinski definition) is 5. The highest BCUT2D eigenvalue weighted by Gasteiger charge is 2.37. The number of pyridine rings is 1. The van der Waals surface area contributed by atoms with Crippen molar-refractivity contribution in [2.24, 2.45) is 0 Å². The van der Waals surface area contributed by atoms with Gasteiger partial charge in [-0.1, -0.05) is 47.5 Å². The summed E-state index contributed by atoms with van der Waals surface area (Å²) in [4.78, 5) is 41.3. The number of nitrogens with zero attached hydrogens (tertiary/aromatic N) is 3. The summed E-state index contributed by atoms with van der Waals surface area (Å²) in [6, 6.07) is 11.4. The van der Waals surface area contributed by atoms with Crippen molar-refractivity contribution in [3.63, 3.8) is 0 Å². The molecule has 0 aliphatic rings. The number of carbonyl (C=O) groups is 3. The Kier molecular flexibility index (Phi) is 7.05. The molecule has 0 fully saturated rings. The Bertz CT molecular complexity index is 1550. The van der Waals surface area contributed by atoms with E-state index in [9.17, 15) is 27.6 Å². The van der Waals surface area contributed by atoms with Crippen LogP contribution in [-0.4, -0.2) is 32.5 Å². The first-order valence-corrected chi connectivity index (χ1v) is 11.1. The molecule has 190 valence electrons. The summed E-state index contributed by atoms with van der Waals surface area (Å²) in [6.45, 7) is 1.17. The van der Waals surface area contributed by atoms with Gasteiger partial charge in [0.2, 0.25) is 5.91 Å². The lowest BCUT2D eigenvalue weighted by atomic mass is 10.0. The molecule has 0 spiro atoms. The normalized spacial score (nSPS) is 11.3. The molecule has 9 nitrogen and oxygen atoms in total. The zero-order valence-corrected chi connectivity index (χ0v) is 20.2. The van der Waals surface area contributed by atoms with Crippen LogP contribution in [0, 0.1) is 0 Å². The quantitative estimate of drug-likeness (QED) is 0.316. The molecular weight excluding hydrogens is 536 g/mol. The van der Waals surface area contributed by atoms with E-state index in [1.807, 2.05) is 0 Å². The molecule has 37 heavy (non-hydrogen) atoms. The molecule has 0 radical (unpaired) electrons. The highest BCUT2D eigenvalue weighted by molar-refractivity contribution is 6.40. The van der Waals surface area contributed by atoms with Crippen molar-refractivity contribution in [1.82, 2.24) is 25.6 Å². The Balaban J connectivity index is 1.84. The molecule has 4 rings (SSSR count). The summed E-state index contributed by atoms with van der Waals surface area (Å²) in [6.07, 6.45) is -3.62. The van der Waals surface area contributed by atoms with Gasteiger partial charge in [0.15, 0.2) is 11.5 Å². The van der Waals surface area contributed by atoms with Crippen LogP contribution in [0.1, 0.15) is 33.5 Å². The van der Waals surface area contributed by atoms with E-state index in [0.29, 0.717) is 21.5 Å². The van der Waals surface area contributed by atoms with Crippen LogP contribution in [0.3, 0.4) is 0 Å². The number of fused-ring (bicyclic) bond motifs is 1. The first kappa shape index (κ1) is 25.9. The SMILES string of the molecule is CC(=O)NNC(=O)c1cc2ccccc2c(Cl)c1NC(=O)c1cc(C(F)(F)F)nn1-c1ncccc1Cl. The fraction of sp³-hybridized carbons (Fsp3) is 0.0870. The van der Waals surface area contributed by atoms with Crippen LogP contribution in [-0.2, 0) is 11.0 Å². The van der Waals surface area contributed by atoms with Crippen LogP contribution in [0.25, 0.3) is 16.6 Å². The number of benzene rings is 2. The summed E-state index contributed by atoms with van der Waals surface area (Å²) in [5.74, 6) is -2.72. The van der Waals surface area contributed by atoms with Gasteiger partial charge >= 0.3 is 6.18 Å². The fourth-order valence-electron chi connectivity index (χ4n) is 3.37. The van der Waals surface area contributed by atoms with E-state index < -0.39 is 35.3 Å². The smallest absolute Gasteiger partial charge is 0.319 e. The number of amides is 3. The Morgan fingerprint density at radius 2 is 1.70 bits per heavy atom.